The molecule has 0 aliphatic heterocycles. The van der Waals surface area contributed by atoms with E-state index >= 15 is 0 Å². The highest BCUT2D eigenvalue weighted by molar-refractivity contribution is 7.89. The van der Waals surface area contributed by atoms with E-state index < -0.39 is 10.0 Å². The summed E-state index contributed by atoms with van der Waals surface area (Å²) in [6.45, 7) is 0.551. The summed E-state index contributed by atoms with van der Waals surface area (Å²) in [5.41, 5.74) is 1.57. The zero-order valence-electron chi connectivity index (χ0n) is 13.7. The number of hydrogen-bond donors (Lipinski definition) is 2. The van der Waals surface area contributed by atoms with E-state index in [1.807, 2.05) is 18.2 Å². The van der Waals surface area contributed by atoms with E-state index in [-0.39, 0.29) is 16.2 Å². The molecular weight excluding hydrogens is 326 g/mol. The van der Waals surface area contributed by atoms with Crippen LogP contribution < -0.4 is 10.0 Å². The molecule has 1 amide bonds. The molecule has 1 saturated carbocycles. The number of rotatable bonds is 6. The zero-order chi connectivity index (χ0) is 17.4. The molecule has 0 bridgehead atoms. The third kappa shape index (κ3) is 3.09. The zero-order valence-corrected chi connectivity index (χ0v) is 14.6. The number of carbonyl (C=O) groups is 1. The van der Waals surface area contributed by atoms with Crippen molar-refractivity contribution < 1.29 is 13.2 Å². The van der Waals surface area contributed by atoms with Crippen LogP contribution in [0.5, 0.6) is 0 Å². The number of sulfonamides is 1. The molecule has 1 aromatic heterocycles. The third-order valence-corrected chi connectivity index (χ3v) is 6.00. The number of hydrogen-bond acceptors (Lipinski definition) is 3. The quantitative estimate of drug-likeness (QED) is 0.829. The number of aryl methyl sites for hydroxylation is 1. The van der Waals surface area contributed by atoms with Crippen molar-refractivity contribution in [2.45, 2.75) is 23.2 Å². The van der Waals surface area contributed by atoms with E-state index in [4.69, 9.17) is 0 Å². The van der Waals surface area contributed by atoms with Crippen LogP contribution in [-0.4, -0.2) is 32.5 Å². The first-order valence-corrected chi connectivity index (χ1v) is 9.30. The predicted octanol–water partition coefficient (Wildman–Crippen LogP) is 1.39. The highest BCUT2D eigenvalue weighted by Gasteiger charge is 2.44. The standard InChI is InChI=1S/C17H21N3O3S/c1-18-24(22,23)14-10-15(20(2)11-14)16(21)19-12-17(8-9-17)13-6-4-3-5-7-13/h3-7,10-11,18H,8-9,12H2,1-2H3,(H,19,21). The minimum absolute atomic E-state index is 0.0158. The number of nitrogens with zero attached hydrogens (tertiary/aromatic N) is 1. The SMILES string of the molecule is CNS(=O)(=O)c1cc(C(=O)NCC2(c3ccccc3)CC2)n(C)c1. The summed E-state index contributed by atoms with van der Waals surface area (Å²) in [7, 11) is -0.552. The highest BCUT2D eigenvalue weighted by atomic mass is 32.2. The molecule has 1 heterocycles. The molecule has 24 heavy (non-hydrogen) atoms. The third-order valence-electron chi connectivity index (χ3n) is 4.62. The van der Waals surface area contributed by atoms with E-state index in [0.717, 1.165) is 12.8 Å². The number of carbonyl (C=O) groups excluding carboxylic acids is 1. The fourth-order valence-corrected chi connectivity index (χ4v) is 3.67. The molecule has 0 radical (unpaired) electrons. The van der Waals surface area contributed by atoms with Gasteiger partial charge in [0.25, 0.3) is 5.91 Å². The molecule has 6 nitrogen and oxygen atoms in total. The maximum atomic E-state index is 12.5. The van der Waals surface area contributed by atoms with Crippen molar-refractivity contribution in [1.82, 2.24) is 14.6 Å². The van der Waals surface area contributed by atoms with E-state index in [9.17, 15) is 13.2 Å². The minimum atomic E-state index is -3.56. The molecule has 1 aliphatic carbocycles. The Labute approximate surface area is 141 Å². The topological polar surface area (TPSA) is 80.2 Å². The normalized spacial score (nSPS) is 15.9. The Morgan fingerprint density at radius 3 is 2.50 bits per heavy atom. The molecule has 2 N–H and O–H groups in total. The molecule has 1 aliphatic rings. The van der Waals surface area contributed by atoms with Crippen molar-refractivity contribution >= 4 is 15.9 Å². The molecule has 3 rings (SSSR count). The molecule has 1 fully saturated rings. The average molecular weight is 347 g/mol. The van der Waals surface area contributed by atoms with Crippen LogP contribution in [0.3, 0.4) is 0 Å². The van der Waals surface area contributed by atoms with Gasteiger partial charge in [-0.2, -0.15) is 0 Å². The molecule has 7 heteroatoms. The van der Waals surface area contributed by atoms with Gasteiger partial charge in [-0.1, -0.05) is 30.3 Å². The lowest BCUT2D eigenvalue weighted by molar-refractivity contribution is 0.0941. The van der Waals surface area contributed by atoms with Gasteiger partial charge in [0, 0.05) is 25.2 Å². The Morgan fingerprint density at radius 1 is 1.25 bits per heavy atom. The van der Waals surface area contributed by atoms with Gasteiger partial charge in [0.2, 0.25) is 10.0 Å². The van der Waals surface area contributed by atoms with Gasteiger partial charge in [0.05, 0.1) is 0 Å². The van der Waals surface area contributed by atoms with Crippen molar-refractivity contribution in [3.63, 3.8) is 0 Å². The van der Waals surface area contributed by atoms with Crippen LogP contribution in [0.1, 0.15) is 28.9 Å². The van der Waals surface area contributed by atoms with Gasteiger partial charge in [0.15, 0.2) is 0 Å². The number of nitrogens with one attached hydrogen (secondary N) is 2. The largest absolute Gasteiger partial charge is 0.350 e. The fraction of sp³-hybridized carbons (Fsp3) is 0.353. The van der Waals surface area contributed by atoms with E-state index in [1.54, 1.807) is 7.05 Å². The molecule has 2 aromatic rings. The van der Waals surface area contributed by atoms with Gasteiger partial charge in [-0.3, -0.25) is 4.79 Å². The Bertz CT molecular complexity index is 852. The molecule has 0 spiro atoms. The van der Waals surface area contributed by atoms with E-state index in [0.29, 0.717) is 12.2 Å². The smallest absolute Gasteiger partial charge is 0.267 e. The fourth-order valence-electron chi connectivity index (χ4n) is 2.87. The second-order valence-corrected chi connectivity index (χ2v) is 8.10. The second-order valence-electron chi connectivity index (χ2n) is 6.21. The second kappa shape index (κ2) is 6.07. The Kier molecular flexibility index (Phi) is 4.23. The van der Waals surface area contributed by atoms with Crippen molar-refractivity contribution in [2.24, 2.45) is 7.05 Å². The first-order chi connectivity index (χ1) is 11.4. The lowest BCUT2D eigenvalue weighted by Crippen LogP contribution is -2.33. The van der Waals surface area contributed by atoms with Crippen molar-refractivity contribution in [2.75, 3.05) is 13.6 Å². The molecule has 0 saturated heterocycles. The van der Waals surface area contributed by atoms with Crippen LogP contribution in [0, 0.1) is 0 Å². The van der Waals surface area contributed by atoms with Gasteiger partial charge in [-0.05, 0) is 31.5 Å². The molecular formula is C17H21N3O3S. The number of benzene rings is 1. The number of aromatic nitrogens is 1. The average Bonchev–Trinajstić information content (AvgIpc) is 3.28. The maximum Gasteiger partial charge on any atom is 0.267 e. The summed E-state index contributed by atoms with van der Waals surface area (Å²) in [5.74, 6) is -0.266. The van der Waals surface area contributed by atoms with Crippen molar-refractivity contribution in [3.8, 4) is 0 Å². The van der Waals surface area contributed by atoms with Crippen LogP contribution in [0.25, 0.3) is 0 Å². The molecule has 0 atom stereocenters. The monoisotopic (exact) mass is 347 g/mol. The molecule has 0 unspecified atom stereocenters. The summed E-state index contributed by atoms with van der Waals surface area (Å²) in [6.07, 6.45) is 3.53. The maximum absolute atomic E-state index is 12.5. The lowest BCUT2D eigenvalue weighted by atomic mass is 9.96. The van der Waals surface area contributed by atoms with Crippen LogP contribution >= 0.6 is 0 Å². The van der Waals surface area contributed by atoms with Crippen LogP contribution in [0.2, 0.25) is 0 Å². The van der Waals surface area contributed by atoms with Crippen LogP contribution in [0.4, 0.5) is 0 Å². The summed E-state index contributed by atoms with van der Waals surface area (Å²) in [5, 5.41) is 2.95. The summed E-state index contributed by atoms with van der Waals surface area (Å²) in [6, 6.07) is 11.5. The summed E-state index contributed by atoms with van der Waals surface area (Å²) < 4.78 is 27.5. The first kappa shape index (κ1) is 16.7. The highest BCUT2D eigenvalue weighted by Crippen LogP contribution is 2.47. The van der Waals surface area contributed by atoms with Gasteiger partial charge >= 0.3 is 0 Å². The predicted molar refractivity (Wildman–Crippen MR) is 91.3 cm³/mol. The number of amides is 1. The van der Waals surface area contributed by atoms with Crippen molar-refractivity contribution in [3.05, 3.63) is 53.9 Å². The van der Waals surface area contributed by atoms with Crippen molar-refractivity contribution in [1.29, 1.82) is 0 Å². The Balaban J connectivity index is 1.73. The van der Waals surface area contributed by atoms with E-state index in [2.05, 4.69) is 22.2 Å². The molecule has 128 valence electrons. The van der Waals surface area contributed by atoms with Gasteiger partial charge in [-0.15, -0.1) is 0 Å². The summed E-state index contributed by atoms with van der Waals surface area (Å²) in [4.78, 5) is 12.5. The molecule has 1 aromatic carbocycles. The Hall–Kier alpha value is -2.12. The minimum Gasteiger partial charge on any atom is -0.350 e. The van der Waals surface area contributed by atoms with Gasteiger partial charge in [-0.25, -0.2) is 13.1 Å². The van der Waals surface area contributed by atoms with Gasteiger partial charge < -0.3 is 9.88 Å². The Morgan fingerprint density at radius 2 is 1.92 bits per heavy atom. The van der Waals surface area contributed by atoms with Crippen LogP contribution in [-0.2, 0) is 22.5 Å². The first-order valence-electron chi connectivity index (χ1n) is 7.82. The summed E-state index contributed by atoms with van der Waals surface area (Å²) >= 11 is 0. The van der Waals surface area contributed by atoms with Crippen LogP contribution in [0.15, 0.2) is 47.5 Å². The van der Waals surface area contributed by atoms with E-state index in [1.165, 1.54) is 29.4 Å². The van der Waals surface area contributed by atoms with Gasteiger partial charge in [0.1, 0.15) is 10.6 Å². The lowest BCUT2D eigenvalue weighted by Gasteiger charge is -2.16.